The van der Waals surface area contributed by atoms with Gasteiger partial charge in [0.05, 0.1) is 0 Å². The summed E-state index contributed by atoms with van der Waals surface area (Å²) < 4.78 is 190. The molecule has 0 unspecified atom stereocenters. The van der Waals surface area contributed by atoms with E-state index in [9.17, 15) is 70.7 Å². The highest BCUT2D eigenvalue weighted by Crippen LogP contribution is 2.50. The molecule has 0 atom stereocenters. The lowest BCUT2D eigenvalue weighted by atomic mass is 10.5. The summed E-state index contributed by atoms with van der Waals surface area (Å²) in [5, 5.41) is 7.66. The van der Waals surface area contributed by atoms with Gasteiger partial charge in [-0.2, -0.15) is 65.9 Å². The van der Waals surface area contributed by atoms with Crippen molar-refractivity contribution in [2.24, 2.45) is 0 Å². The van der Waals surface area contributed by atoms with E-state index in [2.05, 4.69) is 0 Å². The molecule has 0 bridgehead atoms. The van der Waals surface area contributed by atoms with Crippen molar-refractivity contribution in [3.8, 4) is 0 Å². The van der Waals surface area contributed by atoms with Crippen molar-refractivity contribution < 1.29 is 90.0 Å². The first-order chi connectivity index (χ1) is 11.8. The first-order valence-electron chi connectivity index (χ1n) is 5.49. The van der Waals surface area contributed by atoms with Gasteiger partial charge in [-0.15, -0.1) is 0 Å². The van der Waals surface area contributed by atoms with Crippen molar-refractivity contribution in [1.29, 1.82) is 0 Å². The third-order valence-corrected chi connectivity index (χ3v) is 2.03. The van der Waals surface area contributed by atoms with Gasteiger partial charge in [-0.3, -0.25) is 0 Å². The molecule has 4 N–H and O–H groups in total. The van der Waals surface area contributed by atoms with E-state index in [1.165, 1.54) is 9.47 Å². The minimum absolute atomic E-state index is 0. The Labute approximate surface area is 146 Å². The maximum Gasteiger partial charge on any atom is 0.483 e. The van der Waals surface area contributed by atoms with Crippen LogP contribution in [0.5, 0.6) is 0 Å². The molecular weight excluding hydrogens is 475 g/mol. The molecule has 0 aromatic rings. The Morgan fingerprint density at radius 2 is 0.759 bits per heavy atom. The van der Waals surface area contributed by atoms with Crippen LogP contribution in [0.1, 0.15) is 0 Å². The van der Waals surface area contributed by atoms with Gasteiger partial charge >= 0.3 is 48.8 Å². The van der Waals surface area contributed by atoms with E-state index in [4.69, 9.17) is 5.11 Å². The van der Waals surface area contributed by atoms with Crippen molar-refractivity contribution in [3.05, 3.63) is 0 Å². The van der Waals surface area contributed by atoms with E-state index in [1.807, 2.05) is 0 Å². The normalized spacial score (nSPS) is 15.1. The molecule has 0 aromatic heterocycles. The molecule has 0 saturated heterocycles. The lowest BCUT2D eigenvalue weighted by Gasteiger charge is -2.33. The number of hydrogen-bond acceptors (Lipinski definition) is 5. The Balaban J connectivity index is 0. The monoisotopic (exact) mass is 479 g/mol. The highest BCUT2D eigenvalue weighted by atomic mass is 19.4. The Kier molecular flexibility index (Phi) is 7.95. The largest absolute Gasteiger partial charge is 0.483 e. The highest BCUT2D eigenvalue weighted by molar-refractivity contribution is 5.73. The number of carboxylic acid groups (broad SMARTS) is 1. The van der Waals surface area contributed by atoms with Crippen molar-refractivity contribution >= 4 is 5.97 Å². The molecule has 0 rings (SSSR count). The summed E-state index contributed by atoms with van der Waals surface area (Å²) in [6, 6.07) is 0. The Hall–Kier alpha value is -1.74. The molecule has 0 fully saturated rings. The summed E-state index contributed by atoms with van der Waals surface area (Å²) in [5.41, 5.74) is 0. The molecule has 0 aromatic carbocycles. The third kappa shape index (κ3) is 6.37. The van der Waals surface area contributed by atoms with Gasteiger partial charge in [0, 0.05) is 0 Å². The number of carboxylic acids is 1. The zero-order chi connectivity index (χ0) is 23.2. The van der Waals surface area contributed by atoms with Crippen molar-refractivity contribution in [3.63, 3.8) is 0 Å². The molecule has 176 valence electrons. The fourth-order valence-electron chi connectivity index (χ4n) is 0.822. The molecule has 0 heterocycles. The standard InChI is InChI=1S/C8HF15O5.H3N/c9-2(10,1(24)25)26-5(16,17)6(18,19)28-8(22,23)7(20,21)27-4(14,15)3(11,12)13;/h(H,24,25);1H3. The van der Waals surface area contributed by atoms with E-state index in [-0.39, 0.29) is 6.15 Å². The van der Waals surface area contributed by atoms with Crippen LogP contribution < -0.4 is 6.15 Å². The first-order valence-corrected chi connectivity index (χ1v) is 5.49. The van der Waals surface area contributed by atoms with Gasteiger partial charge in [-0.1, -0.05) is 0 Å². The topological polar surface area (TPSA) is 100.0 Å². The van der Waals surface area contributed by atoms with E-state index in [1.54, 1.807) is 4.74 Å². The number of halogens is 15. The SMILES string of the molecule is N.O=C(O)C(F)(F)OC(F)(F)C(F)(F)OC(F)(F)C(F)(F)OC(F)(F)C(F)(F)F. The fraction of sp³-hybridized carbons (Fsp3) is 0.875. The van der Waals surface area contributed by atoms with Crippen molar-refractivity contribution in [1.82, 2.24) is 6.15 Å². The van der Waals surface area contributed by atoms with Crippen LogP contribution in [0, 0.1) is 0 Å². The van der Waals surface area contributed by atoms with Gasteiger partial charge in [0.2, 0.25) is 0 Å². The summed E-state index contributed by atoms with van der Waals surface area (Å²) in [7, 11) is 0. The number of aliphatic carboxylic acids is 1. The molecule has 0 amide bonds. The number of rotatable bonds is 9. The Bertz CT molecular complexity index is 588. The number of hydrogen-bond donors (Lipinski definition) is 2. The number of alkyl halides is 15. The van der Waals surface area contributed by atoms with Crippen LogP contribution in [0.2, 0.25) is 0 Å². The second-order valence-electron chi connectivity index (χ2n) is 4.21. The second kappa shape index (κ2) is 7.83. The first kappa shape index (κ1) is 29.5. The summed E-state index contributed by atoms with van der Waals surface area (Å²) >= 11 is 0. The molecule has 0 radical (unpaired) electrons. The van der Waals surface area contributed by atoms with Gasteiger partial charge in [-0.25, -0.2) is 19.0 Å². The molecule has 0 aliphatic heterocycles. The molecule has 21 heteroatoms. The zero-order valence-electron chi connectivity index (χ0n) is 12.5. The smallest absolute Gasteiger partial charge is 0.475 e. The number of ether oxygens (including phenoxy) is 3. The minimum atomic E-state index is -7.46. The Morgan fingerprint density at radius 3 is 1.00 bits per heavy atom. The fourth-order valence-corrected chi connectivity index (χ4v) is 0.822. The summed E-state index contributed by atoms with van der Waals surface area (Å²) in [6.07, 6.45) is -49.9. The number of carbonyl (C=O) groups is 1. The van der Waals surface area contributed by atoms with Gasteiger partial charge in [-0.05, 0) is 0 Å². The van der Waals surface area contributed by atoms with Crippen molar-refractivity contribution in [2.75, 3.05) is 0 Å². The molecule has 0 aliphatic rings. The zero-order valence-corrected chi connectivity index (χ0v) is 12.5. The van der Waals surface area contributed by atoms with E-state index < -0.39 is 48.8 Å². The van der Waals surface area contributed by atoms with Crippen LogP contribution in [0.25, 0.3) is 0 Å². The van der Waals surface area contributed by atoms with Crippen LogP contribution in [0.15, 0.2) is 0 Å². The quantitative estimate of drug-likeness (QED) is 0.476. The maximum atomic E-state index is 12.8. The van der Waals surface area contributed by atoms with Crippen LogP contribution in [0.4, 0.5) is 65.9 Å². The maximum absolute atomic E-state index is 12.8. The van der Waals surface area contributed by atoms with Gasteiger partial charge < -0.3 is 11.3 Å². The minimum Gasteiger partial charge on any atom is -0.475 e. The van der Waals surface area contributed by atoms with Crippen LogP contribution >= 0.6 is 0 Å². The lowest BCUT2D eigenvalue weighted by Crippen LogP contribution is -2.59. The predicted octanol–water partition coefficient (Wildman–Crippen LogP) is 4.40. The van der Waals surface area contributed by atoms with Crippen LogP contribution in [0.3, 0.4) is 0 Å². The van der Waals surface area contributed by atoms with Crippen molar-refractivity contribution in [2.45, 2.75) is 42.8 Å². The van der Waals surface area contributed by atoms with Crippen LogP contribution in [-0.2, 0) is 19.0 Å². The lowest BCUT2D eigenvalue weighted by molar-refractivity contribution is -0.565. The highest BCUT2D eigenvalue weighted by Gasteiger charge is 2.76. The predicted molar refractivity (Wildman–Crippen MR) is 51.6 cm³/mol. The average molecular weight is 479 g/mol. The summed E-state index contributed by atoms with van der Waals surface area (Å²) in [6.45, 7) is 0. The molecule has 6 nitrogen and oxygen atoms in total. The second-order valence-corrected chi connectivity index (χ2v) is 4.21. The molecule has 0 saturated carbocycles. The van der Waals surface area contributed by atoms with Gasteiger partial charge in [0.25, 0.3) is 0 Å². The average Bonchev–Trinajstić information content (AvgIpc) is 2.32. The molecule has 29 heavy (non-hydrogen) atoms. The molecule has 0 spiro atoms. The summed E-state index contributed by atoms with van der Waals surface area (Å²) in [4.78, 5) is 9.75. The molecule has 0 aliphatic carbocycles. The van der Waals surface area contributed by atoms with Gasteiger partial charge in [0.15, 0.2) is 0 Å². The van der Waals surface area contributed by atoms with E-state index >= 15 is 0 Å². The third-order valence-electron chi connectivity index (χ3n) is 2.03. The summed E-state index contributed by atoms with van der Waals surface area (Å²) in [5.74, 6) is -3.71. The van der Waals surface area contributed by atoms with Gasteiger partial charge in [0.1, 0.15) is 0 Å². The Morgan fingerprint density at radius 1 is 0.517 bits per heavy atom. The van der Waals surface area contributed by atoms with E-state index in [0.29, 0.717) is 0 Å². The van der Waals surface area contributed by atoms with E-state index in [0.717, 1.165) is 0 Å². The molecular formula is C8H4F15NO5. The van der Waals surface area contributed by atoms with Crippen LogP contribution in [-0.4, -0.2) is 53.9 Å².